The largest absolute Gasteiger partial charge is 0.231 e. The maximum absolute atomic E-state index is 13.8. The zero-order valence-corrected chi connectivity index (χ0v) is 22.3. The zero-order valence-electron chi connectivity index (χ0n) is 18.4. The smallest absolute Gasteiger partial charge is 0.177 e. The van der Waals surface area contributed by atoms with E-state index in [1.165, 1.54) is 10.8 Å². The van der Waals surface area contributed by atoms with Gasteiger partial charge >= 0.3 is 0 Å². The molecule has 4 rings (SSSR count). The summed E-state index contributed by atoms with van der Waals surface area (Å²) in [5.41, 5.74) is 2.53. The van der Waals surface area contributed by atoms with E-state index in [0.29, 0.717) is 33.1 Å². The summed E-state index contributed by atoms with van der Waals surface area (Å²) in [5, 5.41) is 5.36. The molecule has 10 heteroatoms. The van der Waals surface area contributed by atoms with Gasteiger partial charge in [-0.05, 0) is 61.0 Å². The van der Waals surface area contributed by atoms with Crippen molar-refractivity contribution in [1.82, 2.24) is 9.78 Å². The van der Waals surface area contributed by atoms with Crippen LogP contribution in [0.25, 0.3) is 27.9 Å². The molecule has 1 aromatic heterocycles. The van der Waals surface area contributed by atoms with Crippen molar-refractivity contribution in [1.29, 1.82) is 0 Å². The summed E-state index contributed by atoms with van der Waals surface area (Å²) < 4.78 is 55.7. The van der Waals surface area contributed by atoms with Gasteiger partial charge in [-0.25, -0.2) is 21.9 Å². The number of sulfone groups is 1. The number of nitrogens with zero attached hydrogens (tertiary/aromatic N) is 2. The van der Waals surface area contributed by atoms with Crippen LogP contribution in [0.3, 0.4) is 0 Å². The van der Waals surface area contributed by atoms with Crippen LogP contribution in [0.1, 0.15) is 16.8 Å². The summed E-state index contributed by atoms with van der Waals surface area (Å²) in [5.74, 6) is -1.65. The second-order valence-electron chi connectivity index (χ2n) is 7.82. The second-order valence-corrected chi connectivity index (χ2v) is 11.6. The summed E-state index contributed by atoms with van der Waals surface area (Å²) in [4.78, 5) is -0.192. The fourth-order valence-corrected chi connectivity index (χ4v) is 5.31. The molecule has 0 aliphatic heterocycles. The highest BCUT2D eigenvalue weighted by Crippen LogP contribution is 2.37. The van der Waals surface area contributed by atoms with Crippen molar-refractivity contribution in [3.05, 3.63) is 104 Å². The van der Waals surface area contributed by atoms with Crippen LogP contribution >= 0.6 is 39.1 Å². The summed E-state index contributed by atoms with van der Waals surface area (Å²) >= 11 is 16.0. The lowest BCUT2D eigenvalue weighted by molar-refractivity contribution is 0.582. The average Bonchev–Trinajstić information content (AvgIpc) is 3.07. The van der Waals surface area contributed by atoms with E-state index in [0.717, 1.165) is 28.4 Å². The van der Waals surface area contributed by atoms with Crippen LogP contribution in [0.15, 0.2) is 65.1 Å². The van der Waals surface area contributed by atoms with E-state index in [9.17, 15) is 17.2 Å². The number of hydrogen-bond donors (Lipinski definition) is 0. The van der Waals surface area contributed by atoms with Gasteiger partial charge in [0.25, 0.3) is 0 Å². The molecule has 0 saturated carbocycles. The van der Waals surface area contributed by atoms with Gasteiger partial charge in [-0.3, -0.25) is 0 Å². The van der Waals surface area contributed by atoms with Crippen LogP contribution in [-0.4, -0.2) is 24.5 Å². The van der Waals surface area contributed by atoms with Gasteiger partial charge in [0.2, 0.25) is 0 Å². The minimum absolute atomic E-state index is 0.0478. The topological polar surface area (TPSA) is 52.0 Å². The quantitative estimate of drug-likeness (QED) is 0.236. The maximum atomic E-state index is 13.8. The first-order chi connectivity index (χ1) is 16.4. The first-order valence-electron chi connectivity index (χ1n) is 10.1. The van der Waals surface area contributed by atoms with E-state index in [1.807, 2.05) is 24.3 Å². The predicted molar refractivity (Wildman–Crippen MR) is 141 cm³/mol. The van der Waals surface area contributed by atoms with Crippen molar-refractivity contribution in [2.24, 2.45) is 0 Å². The fraction of sp³-hybridized carbons (Fsp3) is 0.0800. The van der Waals surface area contributed by atoms with Crippen LogP contribution in [0.5, 0.6) is 0 Å². The molecule has 180 valence electrons. The molecule has 3 aromatic carbocycles. The lowest BCUT2D eigenvalue weighted by atomic mass is 10.1. The third kappa shape index (κ3) is 5.51. The lowest BCUT2D eigenvalue weighted by Crippen LogP contribution is -2.04. The van der Waals surface area contributed by atoms with Gasteiger partial charge in [-0.2, -0.15) is 5.10 Å². The van der Waals surface area contributed by atoms with Gasteiger partial charge in [-0.1, -0.05) is 51.3 Å². The molecule has 0 amide bonds. The molecule has 35 heavy (non-hydrogen) atoms. The van der Waals surface area contributed by atoms with Crippen molar-refractivity contribution in [3.8, 4) is 16.9 Å². The van der Waals surface area contributed by atoms with Crippen LogP contribution in [0, 0.1) is 18.6 Å². The highest BCUT2D eigenvalue weighted by atomic mass is 79.9. The van der Waals surface area contributed by atoms with Crippen molar-refractivity contribution in [3.63, 3.8) is 0 Å². The van der Waals surface area contributed by atoms with Crippen molar-refractivity contribution in [2.75, 3.05) is 6.26 Å². The molecule has 0 bridgehead atoms. The molecule has 0 N–H and O–H groups in total. The number of aromatic nitrogens is 2. The van der Waals surface area contributed by atoms with Crippen LogP contribution in [0.2, 0.25) is 10.0 Å². The lowest BCUT2D eigenvalue weighted by Gasteiger charge is -2.11. The van der Waals surface area contributed by atoms with E-state index in [4.69, 9.17) is 23.2 Å². The Labute approximate surface area is 219 Å². The molecule has 0 saturated heterocycles. The SMILES string of the molecule is Cc1c(/C(=C/c2cc(F)cc(F)c2)S(C)(=O)=O)nn(-c2ccc(Cl)cc2Cl)c1-c1ccc(Br)cc1. The minimum atomic E-state index is -3.88. The minimum Gasteiger partial charge on any atom is -0.231 e. The standard InChI is InChI=1S/C25H17BrCl2F2N2O2S/c1-14-24(23(35(2,33)34)11-15-9-19(29)13-20(30)10-15)31-32(22-8-7-18(27)12-21(22)28)25(14)16-3-5-17(26)6-4-16/h3-13H,1-2H3/b23-11-. The Bertz CT molecular complexity index is 1560. The Morgan fingerprint density at radius 3 is 2.20 bits per heavy atom. The molecule has 0 aliphatic rings. The Morgan fingerprint density at radius 1 is 1.00 bits per heavy atom. The Kier molecular flexibility index (Phi) is 7.20. The number of rotatable bonds is 5. The van der Waals surface area contributed by atoms with E-state index >= 15 is 0 Å². The molecule has 0 radical (unpaired) electrons. The zero-order chi connectivity index (χ0) is 25.5. The molecule has 1 heterocycles. The van der Waals surface area contributed by atoms with E-state index in [1.54, 1.807) is 25.1 Å². The monoisotopic (exact) mass is 596 g/mol. The van der Waals surface area contributed by atoms with Gasteiger partial charge < -0.3 is 0 Å². The van der Waals surface area contributed by atoms with Gasteiger partial charge in [0.05, 0.1) is 21.3 Å². The fourth-order valence-electron chi connectivity index (χ4n) is 3.66. The summed E-state index contributed by atoms with van der Waals surface area (Å²) in [7, 11) is -3.88. The van der Waals surface area contributed by atoms with E-state index < -0.39 is 21.5 Å². The number of hydrogen-bond acceptors (Lipinski definition) is 3. The molecule has 0 aliphatic carbocycles. The summed E-state index contributed by atoms with van der Waals surface area (Å²) in [6, 6.07) is 15.1. The van der Waals surface area contributed by atoms with Gasteiger partial charge in [0.15, 0.2) is 9.84 Å². The molecule has 0 spiro atoms. The first kappa shape index (κ1) is 25.6. The first-order valence-corrected chi connectivity index (χ1v) is 13.6. The maximum Gasteiger partial charge on any atom is 0.177 e. The van der Waals surface area contributed by atoms with Crippen LogP contribution in [-0.2, 0) is 9.84 Å². The second kappa shape index (κ2) is 9.85. The van der Waals surface area contributed by atoms with Crippen LogP contribution in [0.4, 0.5) is 8.78 Å². The number of benzene rings is 3. The van der Waals surface area contributed by atoms with Gasteiger partial charge in [0.1, 0.15) is 17.3 Å². The van der Waals surface area contributed by atoms with E-state index in [-0.39, 0.29) is 16.2 Å². The third-order valence-corrected chi connectivity index (χ3v) is 7.37. The molecular weight excluding hydrogens is 581 g/mol. The van der Waals surface area contributed by atoms with Crippen molar-refractivity contribution >= 4 is 60.0 Å². The van der Waals surface area contributed by atoms with Gasteiger partial charge in [0, 0.05) is 32.9 Å². The predicted octanol–water partition coefficient (Wildman–Crippen LogP) is 7.74. The average molecular weight is 598 g/mol. The summed E-state index contributed by atoms with van der Waals surface area (Å²) in [6.07, 6.45) is 2.22. The molecule has 0 unspecified atom stereocenters. The number of halogens is 5. The summed E-state index contributed by atoms with van der Waals surface area (Å²) in [6.45, 7) is 1.73. The Morgan fingerprint density at radius 2 is 1.63 bits per heavy atom. The third-order valence-electron chi connectivity index (χ3n) is 5.19. The van der Waals surface area contributed by atoms with Crippen LogP contribution < -0.4 is 0 Å². The Balaban J connectivity index is 2.04. The molecule has 4 aromatic rings. The molecule has 4 nitrogen and oxygen atoms in total. The normalized spacial score (nSPS) is 12.3. The van der Waals surface area contributed by atoms with Gasteiger partial charge in [-0.15, -0.1) is 0 Å². The Hall–Kier alpha value is -2.52. The van der Waals surface area contributed by atoms with E-state index in [2.05, 4.69) is 21.0 Å². The highest BCUT2D eigenvalue weighted by molar-refractivity contribution is 9.10. The van der Waals surface area contributed by atoms with Crippen molar-refractivity contribution in [2.45, 2.75) is 6.92 Å². The van der Waals surface area contributed by atoms with Crippen molar-refractivity contribution < 1.29 is 17.2 Å². The highest BCUT2D eigenvalue weighted by Gasteiger charge is 2.26. The molecular formula is C25H17BrCl2F2N2O2S. The molecule has 0 fully saturated rings. The molecule has 0 atom stereocenters.